The van der Waals surface area contributed by atoms with Crippen LogP contribution in [-0.4, -0.2) is 54.2 Å². The van der Waals surface area contributed by atoms with Crippen molar-refractivity contribution >= 4 is 40.9 Å². The number of aromatic nitrogens is 3. The van der Waals surface area contributed by atoms with E-state index in [0.29, 0.717) is 34.8 Å². The second-order valence-corrected chi connectivity index (χ2v) is 20.5. The van der Waals surface area contributed by atoms with Gasteiger partial charge in [-0.25, -0.2) is 23.1 Å². The smallest absolute Gasteiger partial charge is 0.268 e. The number of aliphatic hydroxyl groups is 1. The van der Waals surface area contributed by atoms with Crippen molar-refractivity contribution in [2.24, 2.45) is 0 Å². The van der Waals surface area contributed by atoms with E-state index in [1.165, 1.54) is 29.2 Å². The van der Waals surface area contributed by atoms with Crippen LogP contribution in [0.3, 0.4) is 0 Å². The van der Waals surface area contributed by atoms with Crippen LogP contribution in [0.1, 0.15) is 37.7 Å². The molecule has 4 aromatic rings. The zero-order valence-corrected chi connectivity index (χ0v) is 27.3. The van der Waals surface area contributed by atoms with Gasteiger partial charge in [0.15, 0.2) is 11.2 Å². The number of pyridine rings is 1. The summed E-state index contributed by atoms with van der Waals surface area (Å²) < 4.78 is 36.3. The van der Waals surface area contributed by atoms with E-state index < -0.39 is 35.1 Å². The molecule has 0 spiro atoms. The number of nitrogens with zero attached hydrogens (tertiary/aromatic N) is 4. The van der Waals surface area contributed by atoms with E-state index in [0.717, 1.165) is 6.04 Å². The highest BCUT2D eigenvalue weighted by Crippen LogP contribution is 2.45. The number of sulfonamides is 1. The number of benzene rings is 2. The monoisotopic (exact) mass is 621 g/mol. The number of carbonyl (C=O) groups is 1. The molecule has 2 aromatic carbocycles. The molecule has 43 heavy (non-hydrogen) atoms. The van der Waals surface area contributed by atoms with Crippen molar-refractivity contribution in [1.82, 2.24) is 19.3 Å². The minimum Gasteiger partial charge on any atom is -0.372 e. The first kappa shape index (κ1) is 31.0. The predicted molar refractivity (Wildman–Crippen MR) is 169 cm³/mol. The fraction of sp³-hybridized carbons (Fsp3) is 0.387. The lowest BCUT2D eigenvalue weighted by Gasteiger charge is -2.24. The number of carbonyl (C=O) groups excluding carboxylic acids is 1. The van der Waals surface area contributed by atoms with Gasteiger partial charge in [-0.2, -0.15) is 0 Å². The summed E-state index contributed by atoms with van der Waals surface area (Å²) >= 11 is 0. The highest BCUT2D eigenvalue weighted by atomic mass is 32.2. The van der Waals surface area contributed by atoms with Crippen LogP contribution in [0.4, 0.5) is 5.69 Å². The largest absolute Gasteiger partial charge is 0.372 e. The lowest BCUT2D eigenvalue weighted by atomic mass is 9.87. The molecule has 0 bridgehead atoms. The molecule has 1 unspecified atom stereocenters. The Kier molecular flexibility index (Phi) is 8.12. The van der Waals surface area contributed by atoms with E-state index in [1.54, 1.807) is 45.2 Å². The Bertz CT molecular complexity index is 1760. The third-order valence-electron chi connectivity index (χ3n) is 7.26. The highest BCUT2D eigenvalue weighted by molar-refractivity contribution is 7.89. The van der Waals surface area contributed by atoms with Crippen LogP contribution in [0.5, 0.6) is 0 Å². The van der Waals surface area contributed by atoms with Crippen molar-refractivity contribution in [2.45, 2.75) is 75.8 Å². The second-order valence-electron chi connectivity index (χ2n) is 13.1. The third-order valence-corrected chi connectivity index (χ3v) is 10.7. The molecule has 3 heterocycles. The Morgan fingerprint density at radius 2 is 1.72 bits per heavy atom. The van der Waals surface area contributed by atoms with Crippen LogP contribution < -0.4 is 9.62 Å². The van der Waals surface area contributed by atoms with Crippen LogP contribution in [-0.2, 0) is 38.4 Å². The molecular formula is C31H39N5O5SSi. The van der Waals surface area contributed by atoms with Crippen molar-refractivity contribution in [3.63, 3.8) is 0 Å². The Morgan fingerprint density at radius 3 is 2.40 bits per heavy atom. The standard InChI is InChI=1S/C31H39N5O5SSi/c1-30(2,3)34-42(39,40)23-15-13-22(14-16-23)31(38)24-10-7-8-12-26(24)35(29(31)37)20-27-33-25-11-9-17-32-28(25)36(27)21-41-18-19-43(4,5)6/h7-17,34,38H,18-21H2,1-6H3. The number of para-hydroxylation sites is 1. The fourth-order valence-electron chi connectivity index (χ4n) is 5.15. The Morgan fingerprint density at radius 1 is 1.02 bits per heavy atom. The quantitative estimate of drug-likeness (QED) is 0.196. The van der Waals surface area contributed by atoms with Gasteiger partial charge in [0.05, 0.1) is 17.1 Å². The zero-order chi connectivity index (χ0) is 31.2. The molecule has 0 saturated heterocycles. The maximum Gasteiger partial charge on any atom is 0.268 e. The second kappa shape index (κ2) is 11.3. The van der Waals surface area contributed by atoms with Crippen LogP contribution in [0.2, 0.25) is 25.7 Å². The third kappa shape index (κ3) is 6.29. The molecule has 5 rings (SSSR count). The number of hydrogen-bond acceptors (Lipinski definition) is 7. The maximum atomic E-state index is 14.1. The van der Waals surface area contributed by atoms with Crippen molar-refractivity contribution in [2.75, 3.05) is 11.5 Å². The van der Waals surface area contributed by atoms with Crippen LogP contribution in [0.15, 0.2) is 71.8 Å². The summed E-state index contributed by atoms with van der Waals surface area (Å²) in [7, 11) is -5.07. The molecule has 2 aromatic heterocycles. The number of imidazole rings is 1. The molecule has 0 saturated carbocycles. The highest BCUT2D eigenvalue weighted by Gasteiger charge is 2.51. The summed E-state index contributed by atoms with van der Waals surface area (Å²) in [6.07, 6.45) is 1.70. The van der Waals surface area contributed by atoms with Gasteiger partial charge in [0.2, 0.25) is 10.0 Å². The summed E-state index contributed by atoms with van der Waals surface area (Å²) in [5, 5.41) is 12.1. The molecule has 10 nitrogen and oxygen atoms in total. The van der Waals surface area contributed by atoms with Gasteiger partial charge in [-0.05, 0) is 62.7 Å². The number of amides is 1. The number of fused-ring (bicyclic) bond motifs is 2. The van der Waals surface area contributed by atoms with E-state index in [1.807, 2.05) is 22.8 Å². The van der Waals surface area contributed by atoms with Gasteiger partial charge in [0, 0.05) is 32.0 Å². The summed E-state index contributed by atoms with van der Waals surface area (Å²) in [6.45, 7) is 13.1. The minimum absolute atomic E-state index is 0.0423. The van der Waals surface area contributed by atoms with E-state index in [2.05, 4.69) is 29.3 Å². The Hall–Kier alpha value is -3.42. The molecule has 1 atom stereocenters. The van der Waals surface area contributed by atoms with E-state index in [-0.39, 0.29) is 23.7 Å². The molecular weight excluding hydrogens is 583 g/mol. The first-order valence-electron chi connectivity index (χ1n) is 14.3. The summed E-state index contributed by atoms with van der Waals surface area (Å²) in [4.78, 5) is 25.0. The summed E-state index contributed by atoms with van der Waals surface area (Å²) in [5.74, 6) is 0.0205. The molecule has 1 amide bonds. The first-order chi connectivity index (χ1) is 20.1. The molecule has 1 aliphatic rings. The summed E-state index contributed by atoms with van der Waals surface area (Å²) in [5.41, 5.74) is -0.111. The molecule has 0 fully saturated rings. The molecule has 228 valence electrons. The molecule has 1 aliphatic heterocycles. The van der Waals surface area contributed by atoms with Crippen LogP contribution in [0.25, 0.3) is 11.2 Å². The van der Waals surface area contributed by atoms with Crippen LogP contribution >= 0.6 is 0 Å². The number of hydrogen-bond donors (Lipinski definition) is 2. The topological polar surface area (TPSA) is 127 Å². The number of rotatable bonds is 10. The predicted octanol–water partition coefficient (Wildman–Crippen LogP) is 4.60. The Balaban J connectivity index is 1.47. The van der Waals surface area contributed by atoms with Gasteiger partial charge in [-0.3, -0.25) is 9.36 Å². The van der Waals surface area contributed by atoms with E-state index in [4.69, 9.17) is 9.72 Å². The lowest BCUT2D eigenvalue weighted by molar-refractivity contribution is -0.132. The minimum atomic E-state index is -3.79. The van der Waals surface area contributed by atoms with Gasteiger partial charge in [0.1, 0.15) is 18.1 Å². The zero-order valence-electron chi connectivity index (χ0n) is 25.5. The SMILES string of the molecule is CC(C)(C)NS(=O)(=O)c1ccc(C2(O)C(=O)N(Cc3nc4cccnc4n3COCC[Si](C)(C)C)c3ccccc32)cc1. The molecule has 0 aliphatic carbocycles. The van der Waals surface area contributed by atoms with Gasteiger partial charge in [0.25, 0.3) is 5.91 Å². The first-order valence-corrected chi connectivity index (χ1v) is 19.5. The van der Waals surface area contributed by atoms with Crippen molar-refractivity contribution < 1.29 is 23.1 Å². The molecule has 12 heteroatoms. The van der Waals surface area contributed by atoms with E-state index in [9.17, 15) is 18.3 Å². The molecule has 2 N–H and O–H groups in total. The van der Waals surface area contributed by atoms with Crippen molar-refractivity contribution in [3.8, 4) is 0 Å². The van der Waals surface area contributed by atoms with Crippen LogP contribution in [0, 0.1) is 0 Å². The lowest BCUT2D eigenvalue weighted by Crippen LogP contribution is -2.41. The number of ether oxygens (including phenoxy) is 1. The molecule has 0 radical (unpaired) electrons. The number of anilines is 1. The van der Waals surface area contributed by atoms with Crippen molar-refractivity contribution in [1.29, 1.82) is 0 Å². The van der Waals surface area contributed by atoms with Gasteiger partial charge in [-0.1, -0.05) is 50.0 Å². The fourth-order valence-corrected chi connectivity index (χ4v) is 7.32. The van der Waals surface area contributed by atoms with E-state index >= 15 is 0 Å². The average molecular weight is 622 g/mol. The maximum absolute atomic E-state index is 14.1. The van der Waals surface area contributed by atoms with Crippen molar-refractivity contribution in [3.05, 3.63) is 83.8 Å². The number of nitrogens with one attached hydrogen (secondary N) is 1. The van der Waals surface area contributed by atoms with Gasteiger partial charge < -0.3 is 14.7 Å². The Labute approximate surface area is 253 Å². The van der Waals surface area contributed by atoms with Gasteiger partial charge >= 0.3 is 0 Å². The normalized spacial score (nSPS) is 17.6. The average Bonchev–Trinajstić information content (AvgIpc) is 3.38. The van der Waals surface area contributed by atoms with Gasteiger partial charge in [-0.15, -0.1) is 0 Å². The summed E-state index contributed by atoms with van der Waals surface area (Å²) in [6, 6.07) is 17.5.